The lowest BCUT2D eigenvalue weighted by Gasteiger charge is -2.05. The number of nitrogens with two attached hydrogens (primary N) is 1. The zero-order valence-corrected chi connectivity index (χ0v) is 8.88. The van der Waals surface area contributed by atoms with E-state index in [4.69, 9.17) is 5.73 Å². The van der Waals surface area contributed by atoms with Gasteiger partial charge in [0, 0.05) is 6.54 Å². The average molecular weight is 223 g/mol. The zero-order valence-electron chi connectivity index (χ0n) is 8.88. The molecule has 7 heteroatoms. The Hall–Kier alpha value is -1.92. The van der Waals surface area contributed by atoms with Gasteiger partial charge in [0.25, 0.3) is 0 Å². The van der Waals surface area contributed by atoms with Gasteiger partial charge in [-0.15, -0.1) is 0 Å². The highest BCUT2D eigenvalue weighted by atomic mass is 16.6. The normalized spacial score (nSPS) is 22.8. The topological polar surface area (TPSA) is 107 Å². The van der Waals surface area contributed by atoms with E-state index in [9.17, 15) is 10.1 Å². The SMILES string of the molecule is CC1CC1CNc1ncnc(N)c1[N+](=O)[O-]. The lowest BCUT2D eigenvalue weighted by molar-refractivity contribution is -0.383. The Kier molecular flexibility index (Phi) is 2.59. The van der Waals surface area contributed by atoms with Crippen molar-refractivity contribution in [2.45, 2.75) is 13.3 Å². The molecule has 1 aromatic rings. The molecule has 1 aliphatic carbocycles. The minimum atomic E-state index is -0.562. The summed E-state index contributed by atoms with van der Waals surface area (Å²) in [5, 5.41) is 13.7. The molecule has 1 aromatic heterocycles. The molecule has 1 heterocycles. The molecule has 0 spiro atoms. The molecule has 0 radical (unpaired) electrons. The van der Waals surface area contributed by atoms with Crippen LogP contribution < -0.4 is 11.1 Å². The van der Waals surface area contributed by atoms with Gasteiger partial charge in [-0.05, 0) is 18.3 Å². The molecule has 2 unspecified atom stereocenters. The largest absolute Gasteiger partial charge is 0.378 e. The highest BCUT2D eigenvalue weighted by Crippen LogP contribution is 2.38. The molecule has 0 aromatic carbocycles. The second-order valence-corrected chi connectivity index (χ2v) is 4.07. The van der Waals surface area contributed by atoms with Crippen molar-refractivity contribution in [2.24, 2.45) is 11.8 Å². The predicted molar refractivity (Wildman–Crippen MR) is 58.9 cm³/mol. The Balaban J connectivity index is 2.12. The summed E-state index contributed by atoms with van der Waals surface area (Å²) in [5.41, 5.74) is 5.20. The van der Waals surface area contributed by atoms with Gasteiger partial charge >= 0.3 is 5.69 Å². The number of nitrogen functional groups attached to an aromatic ring is 1. The first-order valence-electron chi connectivity index (χ1n) is 5.08. The summed E-state index contributed by atoms with van der Waals surface area (Å²) in [6.45, 7) is 2.84. The highest BCUT2D eigenvalue weighted by Gasteiger charge is 2.33. The summed E-state index contributed by atoms with van der Waals surface area (Å²) in [4.78, 5) is 17.7. The molecule has 7 nitrogen and oxygen atoms in total. The second kappa shape index (κ2) is 3.92. The highest BCUT2D eigenvalue weighted by molar-refractivity contribution is 5.67. The molecule has 2 rings (SSSR count). The van der Waals surface area contributed by atoms with Crippen molar-refractivity contribution in [3.05, 3.63) is 16.4 Å². The van der Waals surface area contributed by atoms with E-state index in [1.54, 1.807) is 0 Å². The summed E-state index contributed by atoms with van der Waals surface area (Å²) in [6, 6.07) is 0. The standard InChI is InChI=1S/C9H13N5O2/c1-5-2-6(5)3-11-9-7(14(15)16)8(10)12-4-13-9/h4-6H,2-3H2,1H3,(H3,10,11,12,13). The number of nitrogens with zero attached hydrogens (tertiary/aromatic N) is 3. The number of hydrogen-bond donors (Lipinski definition) is 2. The summed E-state index contributed by atoms with van der Waals surface area (Å²) >= 11 is 0. The summed E-state index contributed by atoms with van der Waals surface area (Å²) in [7, 11) is 0. The Labute approximate surface area is 92.2 Å². The van der Waals surface area contributed by atoms with E-state index < -0.39 is 4.92 Å². The van der Waals surface area contributed by atoms with Crippen LogP contribution in [0.25, 0.3) is 0 Å². The molecule has 2 atom stereocenters. The van der Waals surface area contributed by atoms with Gasteiger partial charge in [-0.3, -0.25) is 10.1 Å². The van der Waals surface area contributed by atoms with E-state index in [1.807, 2.05) is 0 Å². The maximum absolute atomic E-state index is 10.8. The van der Waals surface area contributed by atoms with Crippen LogP contribution in [0.15, 0.2) is 6.33 Å². The zero-order chi connectivity index (χ0) is 11.7. The predicted octanol–water partition coefficient (Wildman–Crippen LogP) is 1.03. The third-order valence-corrected chi connectivity index (χ3v) is 2.84. The van der Waals surface area contributed by atoms with E-state index in [0.29, 0.717) is 18.4 Å². The van der Waals surface area contributed by atoms with Crippen LogP contribution in [0.1, 0.15) is 13.3 Å². The molecule has 1 saturated carbocycles. The molecular formula is C9H13N5O2. The smallest absolute Gasteiger partial charge is 0.352 e. The second-order valence-electron chi connectivity index (χ2n) is 4.07. The molecule has 0 saturated heterocycles. The van der Waals surface area contributed by atoms with Gasteiger partial charge in [0.05, 0.1) is 4.92 Å². The van der Waals surface area contributed by atoms with Crippen molar-refractivity contribution in [3.8, 4) is 0 Å². The third kappa shape index (κ3) is 2.02. The Morgan fingerprint density at radius 2 is 2.38 bits per heavy atom. The van der Waals surface area contributed by atoms with Crippen molar-refractivity contribution < 1.29 is 4.92 Å². The van der Waals surface area contributed by atoms with Crippen LogP contribution in [0.5, 0.6) is 0 Å². The third-order valence-electron chi connectivity index (χ3n) is 2.84. The van der Waals surface area contributed by atoms with Gasteiger partial charge in [-0.25, -0.2) is 9.97 Å². The fourth-order valence-electron chi connectivity index (χ4n) is 1.61. The van der Waals surface area contributed by atoms with Crippen molar-refractivity contribution in [1.82, 2.24) is 9.97 Å². The first-order chi connectivity index (χ1) is 7.59. The van der Waals surface area contributed by atoms with Gasteiger partial charge < -0.3 is 11.1 Å². The molecule has 1 fully saturated rings. The monoisotopic (exact) mass is 223 g/mol. The molecule has 1 aliphatic rings. The minimum absolute atomic E-state index is 0.105. The first kappa shape index (κ1) is 10.6. The van der Waals surface area contributed by atoms with Gasteiger partial charge in [-0.2, -0.15) is 0 Å². The number of nitrogens with one attached hydrogen (secondary N) is 1. The van der Waals surface area contributed by atoms with Crippen molar-refractivity contribution in [2.75, 3.05) is 17.6 Å². The average Bonchev–Trinajstić information content (AvgIpc) is 2.91. The van der Waals surface area contributed by atoms with Gasteiger partial charge in [0.2, 0.25) is 11.6 Å². The first-order valence-corrected chi connectivity index (χ1v) is 5.08. The Morgan fingerprint density at radius 1 is 1.69 bits per heavy atom. The molecule has 0 aliphatic heterocycles. The van der Waals surface area contributed by atoms with E-state index in [0.717, 1.165) is 6.42 Å². The van der Waals surface area contributed by atoms with Crippen molar-refractivity contribution in [3.63, 3.8) is 0 Å². The lowest BCUT2D eigenvalue weighted by atomic mass is 10.3. The number of nitro groups is 1. The Morgan fingerprint density at radius 3 is 2.94 bits per heavy atom. The van der Waals surface area contributed by atoms with Gasteiger partial charge in [-0.1, -0.05) is 6.92 Å². The maximum atomic E-state index is 10.8. The quantitative estimate of drug-likeness (QED) is 0.583. The molecule has 0 amide bonds. The van der Waals surface area contributed by atoms with E-state index in [-0.39, 0.29) is 17.3 Å². The van der Waals surface area contributed by atoms with E-state index >= 15 is 0 Å². The van der Waals surface area contributed by atoms with Crippen LogP contribution in [-0.2, 0) is 0 Å². The maximum Gasteiger partial charge on any atom is 0.352 e. The van der Waals surface area contributed by atoms with E-state index in [2.05, 4.69) is 22.2 Å². The summed E-state index contributed by atoms with van der Waals surface area (Å²) in [5.74, 6) is 1.37. The number of rotatable bonds is 4. The van der Waals surface area contributed by atoms with Gasteiger partial charge in [0.1, 0.15) is 6.33 Å². The lowest BCUT2D eigenvalue weighted by Crippen LogP contribution is -2.10. The minimum Gasteiger partial charge on any atom is -0.378 e. The molecule has 16 heavy (non-hydrogen) atoms. The van der Waals surface area contributed by atoms with Crippen molar-refractivity contribution in [1.29, 1.82) is 0 Å². The van der Waals surface area contributed by atoms with Crippen LogP contribution in [0.3, 0.4) is 0 Å². The van der Waals surface area contributed by atoms with Crippen molar-refractivity contribution >= 4 is 17.3 Å². The van der Waals surface area contributed by atoms with E-state index in [1.165, 1.54) is 6.33 Å². The van der Waals surface area contributed by atoms with Gasteiger partial charge in [0.15, 0.2) is 0 Å². The fraction of sp³-hybridized carbons (Fsp3) is 0.556. The molecule has 86 valence electrons. The number of anilines is 2. The molecule has 0 bridgehead atoms. The fourth-order valence-corrected chi connectivity index (χ4v) is 1.61. The Bertz CT molecular complexity index is 422. The summed E-state index contributed by atoms with van der Waals surface area (Å²) in [6.07, 6.45) is 2.38. The van der Waals surface area contributed by atoms with Crippen LogP contribution in [-0.4, -0.2) is 21.4 Å². The van der Waals surface area contributed by atoms with Crippen LogP contribution >= 0.6 is 0 Å². The number of aromatic nitrogens is 2. The van der Waals surface area contributed by atoms with Crippen LogP contribution in [0.2, 0.25) is 0 Å². The summed E-state index contributed by atoms with van der Waals surface area (Å²) < 4.78 is 0. The number of hydrogen-bond acceptors (Lipinski definition) is 6. The van der Waals surface area contributed by atoms with Crippen LogP contribution in [0.4, 0.5) is 17.3 Å². The molecular weight excluding hydrogens is 210 g/mol. The molecule has 3 N–H and O–H groups in total. The van der Waals surface area contributed by atoms with Crippen LogP contribution in [0, 0.1) is 22.0 Å².